The summed E-state index contributed by atoms with van der Waals surface area (Å²) >= 11 is 0. The van der Waals surface area contributed by atoms with E-state index in [2.05, 4.69) is 27.1 Å². The minimum atomic E-state index is 0.332. The second-order valence-corrected chi connectivity index (χ2v) is 5.35. The lowest BCUT2D eigenvalue weighted by atomic mass is 10.2. The van der Waals surface area contributed by atoms with Crippen LogP contribution in [-0.2, 0) is 11.3 Å². The molecule has 0 aliphatic carbocycles. The Morgan fingerprint density at radius 1 is 1.61 bits per heavy atom. The van der Waals surface area contributed by atoms with Crippen LogP contribution in [-0.4, -0.2) is 53.3 Å². The van der Waals surface area contributed by atoms with E-state index in [-0.39, 0.29) is 0 Å². The number of imidazole rings is 1. The van der Waals surface area contributed by atoms with E-state index < -0.39 is 0 Å². The number of hydrogen-bond donors (Lipinski definition) is 2. The molecule has 2 aliphatic heterocycles. The average Bonchev–Trinajstić information content (AvgIpc) is 2.98. The molecule has 5 nitrogen and oxygen atoms in total. The summed E-state index contributed by atoms with van der Waals surface area (Å²) in [5, 5.41) is 3.44. The molecule has 100 valence electrons. The summed E-state index contributed by atoms with van der Waals surface area (Å²) in [4.78, 5) is 9.96. The summed E-state index contributed by atoms with van der Waals surface area (Å²) < 4.78 is 5.91. The summed E-state index contributed by atoms with van der Waals surface area (Å²) in [5.41, 5.74) is 2.25. The van der Waals surface area contributed by atoms with Crippen molar-refractivity contribution in [3.05, 3.63) is 17.7 Å². The van der Waals surface area contributed by atoms with E-state index in [1.54, 1.807) is 6.33 Å². The molecule has 0 aromatic carbocycles. The molecule has 2 atom stereocenters. The Morgan fingerprint density at radius 2 is 2.56 bits per heavy atom. The van der Waals surface area contributed by atoms with Gasteiger partial charge in [0.2, 0.25) is 0 Å². The number of aromatic amines is 1. The van der Waals surface area contributed by atoms with Crippen LogP contribution in [0.15, 0.2) is 6.33 Å². The maximum atomic E-state index is 5.91. The molecule has 2 N–H and O–H groups in total. The van der Waals surface area contributed by atoms with Crippen LogP contribution in [0.5, 0.6) is 0 Å². The van der Waals surface area contributed by atoms with Gasteiger partial charge in [0, 0.05) is 31.4 Å². The second kappa shape index (κ2) is 5.38. The molecule has 3 rings (SSSR count). The van der Waals surface area contributed by atoms with E-state index in [9.17, 15) is 0 Å². The zero-order valence-corrected chi connectivity index (χ0v) is 11.0. The number of nitrogens with zero attached hydrogens (tertiary/aromatic N) is 2. The Morgan fingerprint density at radius 3 is 3.39 bits per heavy atom. The molecule has 2 aliphatic rings. The number of nitrogens with one attached hydrogen (secondary N) is 2. The molecule has 3 heterocycles. The molecule has 2 unspecified atom stereocenters. The molecule has 5 heteroatoms. The van der Waals surface area contributed by atoms with Crippen molar-refractivity contribution in [1.82, 2.24) is 20.2 Å². The molecule has 0 saturated carbocycles. The fraction of sp³-hybridized carbons (Fsp3) is 0.769. The minimum Gasteiger partial charge on any atom is -0.374 e. The quantitative estimate of drug-likeness (QED) is 0.825. The van der Waals surface area contributed by atoms with Crippen LogP contribution in [0.4, 0.5) is 0 Å². The van der Waals surface area contributed by atoms with Gasteiger partial charge in [-0.05, 0) is 26.3 Å². The Hall–Kier alpha value is -0.910. The monoisotopic (exact) mass is 250 g/mol. The Balaban J connectivity index is 1.42. The average molecular weight is 250 g/mol. The van der Waals surface area contributed by atoms with Crippen molar-refractivity contribution in [2.45, 2.75) is 38.5 Å². The van der Waals surface area contributed by atoms with Gasteiger partial charge in [-0.25, -0.2) is 4.98 Å². The highest BCUT2D eigenvalue weighted by atomic mass is 16.5. The smallest absolute Gasteiger partial charge is 0.0925 e. The molecule has 18 heavy (non-hydrogen) atoms. The number of rotatable bonds is 4. The molecule has 0 radical (unpaired) electrons. The third-order valence-electron chi connectivity index (χ3n) is 4.06. The van der Waals surface area contributed by atoms with Gasteiger partial charge in [-0.2, -0.15) is 0 Å². The summed E-state index contributed by atoms with van der Waals surface area (Å²) in [6.45, 7) is 7.03. The van der Waals surface area contributed by atoms with E-state index >= 15 is 0 Å². The zero-order chi connectivity index (χ0) is 12.4. The Kier molecular flexibility index (Phi) is 3.63. The van der Waals surface area contributed by atoms with Crippen molar-refractivity contribution in [3.8, 4) is 0 Å². The van der Waals surface area contributed by atoms with Gasteiger partial charge in [-0.1, -0.05) is 0 Å². The third kappa shape index (κ3) is 2.58. The number of ether oxygens (including phenoxy) is 1. The molecule has 0 bridgehead atoms. The van der Waals surface area contributed by atoms with Crippen molar-refractivity contribution in [3.63, 3.8) is 0 Å². The van der Waals surface area contributed by atoms with Gasteiger partial charge in [-0.3, -0.25) is 4.90 Å². The van der Waals surface area contributed by atoms with Crippen molar-refractivity contribution in [1.29, 1.82) is 0 Å². The lowest BCUT2D eigenvalue weighted by Gasteiger charge is -2.35. The zero-order valence-electron chi connectivity index (χ0n) is 11.0. The first-order valence-electron chi connectivity index (χ1n) is 6.88. The van der Waals surface area contributed by atoms with Gasteiger partial charge in [0.15, 0.2) is 0 Å². The van der Waals surface area contributed by atoms with Gasteiger partial charge in [-0.15, -0.1) is 0 Å². The number of hydrogen-bond acceptors (Lipinski definition) is 4. The Bertz CT molecular complexity index is 392. The fourth-order valence-electron chi connectivity index (χ4n) is 2.93. The molecule has 0 spiro atoms. The van der Waals surface area contributed by atoms with Crippen LogP contribution >= 0.6 is 0 Å². The van der Waals surface area contributed by atoms with E-state index in [0.29, 0.717) is 12.1 Å². The number of morpholine rings is 1. The molecule has 1 aromatic heterocycles. The molecule has 2 saturated heterocycles. The van der Waals surface area contributed by atoms with Crippen molar-refractivity contribution >= 4 is 0 Å². The SMILES string of the molecule is Cc1[nH]cnc1CNCC1CN2CCCC2CO1. The van der Waals surface area contributed by atoms with Crippen molar-refractivity contribution in [2.24, 2.45) is 0 Å². The van der Waals surface area contributed by atoms with Crippen LogP contribution < -0.4 is 5.32 Å². The normalized spacial score (nSPS) is 28.5. The lowest BCUT2D eigenvalue weighted by Crippen LogP contribution is -2.49. The molecular formula is C13H22N4O. The molecule has 1 aromatic rings. The summed E-state index contributed by atoms with van der Waals surface area (Å²) in [6.07, 6.45) is 4.73. The molecular weight excluding hydrogens is 228 g/mol. The van der Waals surface area contributed by atoms with Crippen LogP contribution in [0.25, 0.3) is 0 Å². The Labute approximate surface area is 108 Å². The van der Waals surface area contributed by atoms with E-state index in [0.717, 1.165) is 37.6 Å². The van der Waals surface area contributed by atoms with E-state index in [1.165, 1.54) is 19.4 Å². The van der Waals surface area contributed by atoms with Crippen LogP contribution in [0.3, 0.4) is 0 Å². The highest BCUT2D eigenvalue weighted by molar-refractivity contribution is 5.07. The first-order valence-corrected chi connectivity index (χ1v) is 6.88. The van der Waals surface area contributed by atoms with Gasteiger partial charge in [0.25, 0.3) is 0 Å². The molecule has 2 fully saturated rings. The van der Waals surface area contributed by atoms with Crippen LogP contribution in [0, 0.1) is 6.92 Å². The first-order chi connectivity index (χ1) is 8.83. The van der Waals surface area contributed by atoms with Gasteiger partial charge in [0.05, 0.1) is 24.7 Å². The number of aromatic nitrogens is 2. The van der Waals surface area contributed by atoms with Gasteiger partial charge >= 0.3 is 0 Å². The largest absolute Gasteiger partial charge is 0.374 e. The summed E-state index contributed by atoms with van der Waals surface area (Å²) in [7, 11) is 0. The maximum Gasteiger partial charge on any atom is 0.0925 e. The standard InChI is InChI=1S/C13H22N4O/c1-10-13(16-9-15-10)6-14-5-12-7-17-4-2-3-11(17)8-18-12/h9,11-12,14H,2-8H2,1H3,(H,15,16). The van der Waals surface area contributed by atoms with Gasteiger partial charge in [0.1, 0.15) is 0 Å². The molecule has 0 amide bonds. The minimum absolute atomic E-state index is 0.332. The van der Waals surface area contributed by atoms with E-state index in [4.69, 9.17) is 4.74 Å². The second-order valence-electron chi connectivity index (χ2n) is 5.35. The lowest BCUT2D eigenvalue weighted by molar-refractivity contribution is -0.0470. The summed E-state index contributed by atoms with van der Waals surface area (Å²) in [5.74, 6) is 0. The number of fused-ring (bicyclic) bond motifs is 1. The predicted molar refractivity (Wildman–Crippen MR) is 69.4 cm³/mol. The maximum absolute atomic E-state index is 5.91. The highest BCUT2D eigenvalue weighted by Crippen LogP contribution is 2.22. The summed E-state index contributed by atoms with van der Waals surface area (Å²) in [6, 6.07) is 0.690. The first kappa shape index (κ1) is 12.1. The fourth-order valence-corrected chi connectivity index (χ4v) is 2.93. The predicted octanol–water partition coefficient (Wildman–Crippen LogP) is 0.671. The van der Waals surface area contributed by atoms with Gasteiger partial charge < -0.3 is 15.0 Å². The number of aryl methyl sites for hydroxylation is 1. The van der Waals surface area contributed by atoms with Crippen molar-refractivity contribution < 1.29 is 4.74 Å². The topological polar surface area (TPSA) is 53.2 Å². The van der Waals surface area contributed by atoms with E-state index in [1.807, 2.05) is 0 Å². The van der Waals surface area contributed by atoms with Crippen LogP contribution in [0.1, 0.15) is 24.2 Å². The number of H-pyrrole nitrogens is 1. The highest BCUT2D eigenvalue weighted by Gasteiger charge is 2.31. The van der Waals surface area contributed by atoms with Crippen LogP contribution in [0.2, 0.25) is 0 Å². The van der Waals surface area contributed by atoms with Crippen molar-refractivity contribution in [2.75, 3.05) is 26.2 Å². The third-order valence-corrected chi connectivity index (χ3v) is 4.06.